The van der Waals surface area contributed by atoms with Gasteiger partial charge in [-0.1, -0.05) is 18.2 Å². The molecular weight excluding hydrogens is 480 g/mol. The summed E-state index contributed by atoms with van der Waals surface area (Å²) in [4.78, 5) is 41.2. The molecule has 1 aliphatic heterocycles. The maximum Gasteiger partial charge on any atom is 0.336 e. The van der Waals surface area contributed by atoms with Crippen molar-refractivity contribution >= 4 is 11.9 Å². The summed E-state index contributed by atoms with van der Waals surface area (Å²) in [5.74, 6) is -0.683. The molecule has 0 saturated heterocycles. The van der Waals surface area contributed by atoms with Gasteiger partial charge in [-0.25, -0.2) is 9.59 Å². The van der Waals surface area contributed by atoms with Gasteiger partial charge in [0.2, 0.25) is 0 Å². The predicted molar refractivity (Wildman–Crippen MR) is 135 cm³/mol. The van der Waals surface area contributed by atoms with Crippen LogP contribution in [-0.2, 0) is 23.9 Å². The van der Waals surface area contributed by atoms with E-state index >= 15 is 0 Å². The Balaban J connectivity index is 1.85. The van der Waals surface area contributed by atoms with Gasteiger partial charge in [0.05, 0.1) is 43.5 Å². The van der Waals surface area contributed by atoms with E-state index in [-0.39, 0.29) is 31.7 Å². The van der Waals surface area contributed by atoms with Gasteiger partial charge in [-0.3, -0.25) is 0 Å². The molecule has 3 rings (SSSR count). The molecule has 2 aliphatic rings. The smallest absolute Gasteiger partial charge is 0.336 e. The van der Waals surface area contributed by atoms with Crippen molar-refractivity contribution in [1.29, 1.82) is 0 Å². The van der Waals surface area contributed by atoms with Gasteiger partial charge in [0, 0.05) is 17.0 Å². The average molecular weight is 517 g/mol. The Labute approximate surface area is 217 Å². The van der Waals surface area contributed by atoms with E-state index < -0.39 is 22.9 Å². The van der Waals surface area contributed by atoms with E-state index in [0.29, 0.717) is 40.5 Å². The molecule has 0 bridgehead atoms. The standard InChI is InChI=1S/C27H36N2O8/c1-5-34-26(30)23-17(3)28-18(4)24(27(31)35-6-2)25(23)21-9-7-8-10-22(21)36-15-19-11-13-20(14-12-19)16-37-29(32)33/h7-10,19-20,25,28H,5-6,11-16H2,1-4H3. The van der Waals surface area contributed by atoms with Gasteiger partial charge in [-0.05, 0) is 71.3 Å². The summed E-state index contributed by atoms with van der Waals surface area (Å²) in [5.41, 5.74) is 2.59. The van der Waals surface area contributed by atoms with Crippen LogP contribution in [0.5, 0.6) is 5.75 Å². The van der Waals surface area contributed by atoms with Crippen molar-refractivity contribution in [1.82, 2.24) is 5.32 Å². The number of dihydropyridines is 1. The number of carbonyl (C=O) groups excluding carboxylic acids is 2. The van der Waals surface area contributed by atoms with Gasteiger partial charge >= 0.3 is 11.9 Å². The zero-order chi connectivity index (χ0) is 26.9. The van der Waals surface area contributed by atoms with Crippen LogP contribution in [0, 0.1) is 22.0 Å². The average Bonchev–Trinajstić information content (AvgIpc) is 2.86. The number of para-hydroxylation sites is 1. The topological polar surface area (TPSA) is 126 Å². The fourth-order valence-electron chi connectivity index (χ4n) is 5.05. The van der Waals surface area contributed by atoms with Gasteiger partial charge in [0.25, 0.3) is 5.09 Å². The summed E-state index contributed by atoms with van der Waals surface area (Å²) in [6, 6.07) is 7.40. The van der Waals surface area contributed by atoms with Crippen molar-refractivity contribution in [3.8, 4) is 5.75 Å². The number of ether oxygens (including phenoxy) is 3. The van der Waals surface area contributed by atoms with Gasteiger partial charge in [0.15, 0.2) is 0 Å². The number of benzene rings is 1. The molecule has 10 heteroatoms. The van der Waals surface area contributed by atoms with Crippen molar-refractivity contribution < 1.29 is 33.7 Å². The summed E-state index contributed by atoms with van der Waals surface area (Å²) >= 11 is 0. The molecule has 0 atom stereocenters. The molecule has 1 aromatic rings. The van der Waals surface area contributed by atoms with Crippen LogP contribution in [0.15, 0.2) is 46.8 Å². The highest BCUT2D eigenvalue weighted by molar-refractivity contribution is 6.00. The van der Waals surface area contributed by atoms with Gasteiger partial charge in [-0.15, -0.1) is 10.1 Å². The Bertz CT molecular complexity index is 1020. The van der Waals surface area contributed by atoms with Gasteiger partial charge in [-0.2, -0.15) is 0 Å². The highest BCUT2D eigenvalue weighted by Gasteiger charge is 2.39. The second-order valence-electron chi connectivity index (χ2n) is 9.33. The number of nitrogens with one attached hydrogen (secondary N) is 1. The van der Waals surface area contributed by atoms with Crippen molar-refractivity contribution in [3.05, 3.63) is 62.5 Å². The van der Waals surface area contributed by atoms with Crippen molar-refractivity contribution in [3.63, 3.8) is 0 Å². The maximum absolute atomic E-state index is 13.1. The van der Waals surface area contributed by atoms with E-state index in [0.717, 1.165) is 25.7 Å². The summed E-state index contributed by atoms with van der Waals surface area (Å²) in [6.45, 7) is 8.04. The molecule has 37 heavy (non-hydrogen) atoms. The lowest BCUT2D eigenvalue weighted by atomic mass is 9.80. The Kier molecular flexibility index (Phi) is 9.93. The van der Waals surface area contributed by atoms with Crippen LogP contribution in [0.4, 0.5) is 0 Å². The highest BCUT2D eigenvalue weighted by Crippen LogP contribution is 2.43. The number of allylic oxidation sites excluding steroid dienone is 2. The van der Waals surface area contributed by atoms with Crippen LogP contribution >= 0.6 is 0 Å². The Morgan fingerprint density at radius 1 is 0.919 bits per heavy atom. The number of carbonyl (C=O) groups is 2. The Hall–Kier alpha value is -3.56. The third-order valence-corrected chi connectivity index (χ3v) is 6.84. The molecule has 0 amide bonds. The van der Waals surface area contributed by atoms with Crippen LogP contribution in [0.3, 0.4) is 0 Å². The summed E-state index contributed by atoms with van der Waals surface area (Å²) in [7, 11) is 0. The largest absolute Gasteiger partial charge is 0.493 e. The lowest BCUT2D eigenvalue weighted by molar-refractivity contribution is -0.759. The molecule has 1 aliphatic carbocycles. The lowest BCUT2D eigenvalue weighted by Crippen LogP contribution is -2.33. The second kappa shape index (κ2) is 13.1. The zero-order valence-electron chi connectivity index (χ0n) is 21.9. The Morgan fingerprint density at radius 3 is 1.95 bits per heavy atom. The SMILES string of the molecule is CCOC(=O)C1=C(C)NC(C)=C(C(=O)OCC)C1c1ccccc1OCC1CCC(CO[N+](=O)[O-])CC1. The van der Waals surface area contributed by atoms with E-state index in [1.807, 2.05) is 24.3 Å². The molecule has 0 aromatic heterocycles. The molecule has 202 valence electrons. The normalized spacial score (nSPS) is 20.2. The van der Waals surface area contributed by atoms with Crippen LogP contribution in [0.1, 0.15) is 64.9 Å². The number of rotatable bonds is 11. The quantitative estimate of drug-likeness (QED) is 0.258. The second-order valence-corrected chi connectivity index (χ2v) is 9.33. The van der Waals surface area contributed by atoms with E-state index in [1.165, 1.54) is 0 Å². The van der Waals surface area contributed by atoms with E-state index in [1.54, 1.807) is 27.7 Å². The Morgan fingerprint density at radius 2 is 1.43 bits per heavy atom. The first-order valence-electron chi connectivity index (χ1n) is 12.8. The van der Waals surface area contributed by atoms with Crippen LogP contribution < -0.4 is 10.1 Å². The van der Waals surface area contributed by atoms with Crippen molar-refractivity contribution in [2.45, 2.75) is 59.3 Å². The molecule has 1 aromatic carbocycles. The van der Waals surface area contributed by atoms with Gasteiger partial charge in [0.1, 0.15) is 5.75 Å². The molecule has 1 heterocycles. The first kappa shape index (κ1) is 28.0. The maximum atomic E-state index is 13.1. The molecule has 0 unspecified atom stereocenters. The van der Waals surface area contributed by atoms with Crippen LogP contribution in [0.25, 0.3) is 0 Å². The minimum atomic E-state index is -0.742. The van der Waals surface area contributed by atoms with Crippen molar-refractivity contribution in [2.75, 3.05) is 26.4 Å². The third kappa shape index (κ3) is 7.02. The minimum Gasteiger partial charge on any atom is -0.493 e. The fourth-order valence-corrected chi connectivity index (χ4v) is 5.05. The van der Waals surface area contributed by atoms with Crippen LogP contribution in [-0.4, -0.2) is 43.5 Å². The molecule has 1 fully saturated rings. The fraction of sp³-hybridized carbons (Fsp3) is 0.556. The molecule has 1 saturated carbocycles. The van der Waals surface area contributed by atoms with E-state index in [4.69, 9.17) is 14.2 Å². The summed E-state index contributed by atoms with van der Waals surface area (Å²) in [6.07, 6.45) is 3.42. The first-order chi connectivity index (χ1) is 17.8. The number of esters is 2. The van der Waals surface area contributed by atoms with Crippen molar-refractivity contribution in [2.24, 2.45) is 11.8 Å². The monoisotopic (exact) mass is 516 g/mol. The first-order valence-corrected chi connectivity index (χ1v) is 12.8. The van der Waals surface area contributed by atoms with E-state index in [9.17, 15) is 19.7 Å². The summed E-state index contributed by atoms with van der Waals surface area (Å²) < 4.78 is 17.0. The molecular formula is C27H36N2O8. The van der Waals surface area contributed by atoms with E-state index in [2.05, 4.69) is 10.2 Å². The molecule has 0 spiro atoms. The molecule has 10 nitrogen and oxygen atoms in total. The number of hydrogen-bond acceptors (Lipinski definition) is 9. The highest BCUT2D eigenvalue weighted by atomic mass is 16.9. The predicted octanol–water partition coefficient (Wildman–Crippen LogP) is 4.44. The molecule has 1 N–H and O–H groups in total. The lowest BCUT2D eigenvalue weighted by Gasteiger charge is -2.32. The molecule has 0 radical (unpaired) electrons. The zero-order valence-corrected chi connectivity index (χ0v) is 21.9. The number of nitrogens with zero attached hydrogens (tertiary/aromatic N) is 1. The van der Waals surface area contributed by atoms with Gasteiger partial charge < -0.3 is 24.4 Å². The number of hydrogen-bond donors (Lipinski definition) is 1. The third-order valence-electron chi connectivity index (χ3n) is 6.84. The summed E-state index contributed by atoms with van der Waals surface area (Å²) in [5, 5.41) is 12.9. The minimum absolute atomic E-state index is 0.129. The van der Waals surface area contributed by atoms with Crippen LogP contribution in [0.2, 0.25) is 0 Å².